The van der Waals surface area contributed by atoms with Crippen molar-refractivity contribution in [2.45, 2.75) is 38.4 Å². The molecule has 1 saturated heterocycles. The first kappa shape index (κ1) is 18.1. The summed E-state index contributed by atoms with van der Waals surface area (Å²) in [5.74, 6) is -1.12. The maximum atomic E-state index is 12.7. The number of aliphatic carboxylic acids is 1. The van der Waals surface area contributed by atoms with Crippen LogP contribution in [0.25, 0.3) is 0 Å². The molecule has 0 spiro atoms. The SMILES string of the molecule is Cc1ccoc1C(=O)N1CC[C@@H](N(C)Cc2cccnc2)C[C@@H]1C(=O)O. The number of amides is 1. The van der Waals surface area contributed by atoms with Gasteiger partial charge < -0.3 is 14.4 Å². The molecule has 1 N–H and O–H groups in total. The summed E-state index contributed by atoms with van der Waals surface area (Å²) in [6, 6.07) is 4.81. The minimum Gasteiger partial charge on any atom is -0.480 e. The van der Waals surface area contributed by atoms with Crippen molar-refractivity contribution in [2.75, 3.05) is 13.6 Å². The molecule has 3 heterocycles. The molecule has 1 amide bonds. The summed E-state index contributed by atoms with van der Waals surface area (Å²) in [5.41, 5.74) is 1.79. The van der Waals surface area contributed by atoms with Gasteiger partial charge in [0.05, 0.1) is 6.26 Å². The van der Waals surface area contributed by atoms with E-state index in [-0.39, 0.29) is 17.7 Å². The predicted molar refractivity (Wildman–Crippen MR) is 94.6 cm³/mol. The number of carboxylic acids is 1. The zero-order valence-corrected chi connectivity index (χ0v) is 15.0. The molecule has 26 heavy (non-hydrogen) atoms. The molecular weight excluding hydrogens is 334 g/mol. The van der Waals surface area contributed by atoms with Gasteiger partial charge in [-0.3, -0.25) is 14.7 Å². The Morgan fingerprint density at radius 2 is 2.23 bits per heavy atom. The van der Waals surface area contributed by atoms with Crippen LogP contribution < -0.4 is 0 Å². The second-order valence-corrected chi connectivity index (χ2v) is 6.74. The Morgan fingerprint density at radius 3 is 2.85 bits per heavy atom. The number of carboxylic acid groups (broad SMARTS) is 1. The Bertz CT molecular complexity index is 774. The number of hydrogen-bond acceptors (Lipinski definition) is 5. The van der Waals surface area contributed by atoms with E-state index in [1.54, 1.807) is 19.2 Å². The molecule has 0 aliphatic carbocycles. The lowest BCUT2D eigenvalue weighted by Crippen LogP contribution is -2.54. The number of nitrogens with zero attached hydrogens (tertiary/aromatic N) is 3. The van der Waals surface area contributed by atoms with E-state index in [0.29, 0.717) is 25.9 Å². The molecule has 0 unspecified atom stereocenters. The molecule has 2 atom stereocenters. The van der Waals surface area contributed by atoms with E-state index in [1.807, 2.05) is 25.4 Å². The third-order valence-electron chi connectivity index (χ3n) is 4.96. The number of pyridine rings is 1. The first-order chi connectivity index (χ1) is 12.5. The zero-order chi connectivity index (χ0) is 18.7. The fourth-order valence-corrected chi connectivity index (χ4v) is 3.46. The van der Waals surface area contributed by atoms with Crippen molar-refractivity contribution in [3.63, 3.8) is 0 Å². The van der Waals surface area contributed by atoms with Gasteiger partial charge in [-0.25, -0.2) is 4.79 Å². The standard InChI is InChI=1S/C19H23N3O4/c1-13-6-9-26-17(13)18(23)22-8-5-15(10-16(22)19(24)25)21(2)12-14-4-3-7-20-11-14/h3-4,6-7,9,11,15-16H,5,8,10,12H2,1-2H3,(H,24,25)/t15-,16-/m1/s1. The summed E-state index contributed by atoms with van der Waals surface area (Å²) < 4.78 is 5.26. The highest BCUT2D eigenvalue weighted by molar-refractivity contribution is 5.95. The van der Waals surface area contributed by atoms with E-state index in [1.165, 1.54) is 11.2 Å². The van der Waals surface area contributed by atoms with E-state index in [9.17, 15) is 14.7 Å². The molecule has 1 fully saturated rings. The third-order valence-corrected chi connectivity index (χ3v) is 4.96. The largest absolute Gasteiger partial charge is 0.480 e. The molecule has 7 heteroatoms. The van der Waals surface area contributed by atoms with Crippen LogP contribution in [0, 0.1) is 6.92 Å². The molecule has 1 aliphatic rings. The van der Waals surface area contributed by atoms with Gasteiger partial charge in [0.25, 0.3) is 5.91 Å². The third kappa shape index (κ3) is 3.77. The number of aryl methyl sites for hydroxylation is 1. The number of rotatable bonds is 5. The minimum atomic E-state index is -0.984. The van der Waals surface area contributed by atoms with Crippen LogP contribution in [0.2, 0.25) is 0 Å². The van der Waals surface area contributed by atoms with Crippen LogP contribution in [-0.2, 0) is 11.3 Å². The average molecular weight is 357 g/mol. The average Bonchev–Trinajstić information content (AvgIpc) is 3.07. The lowest BCUT2D eigenvalue weighted by molar-refractivity contribution is -0.144. The van der Waals surface area contributed by atoms with Gasteiger partial charge >= 0.3 is 5.97 Å². The topological polar surface area (TPSA) is 86.9 Å². The summed E-state index contributed by atoms with van der Waals surface area (Å²) in [5, 5.41) is 9.66. The highest BCUT2D eigenvalue weighted by Gasteiger charge is 2.39. The first-order valence-electron chi connectivity index (χ1n) is 8.64. The fourth-order valence-electron chi connectivity index (χ4n) is 3.46. The number of likely N-dealkylation sites (tertiary alicyclic amines) is 1. The van der Waals surface area contributed by atoms with Gasteiger partial charge in [-0.15, -0.1) is 0 Å². The summed E-state index contributed by atoms with van der Waals surface area (Å²) in [4.78, 5) is 32.2. The van der Waals surface area contributed by atoms with Crippen molar-refractivity contribution >= 4 is 11.9 Å². The maximum Gasteiger partial charge on any atom is 0.326 e. The number of aromatic nitrogens is 1. The van der Waals surface area contributed by atoms with Gasteiger partial charge in [0.2, 0.25) is 0 Å². The number of piperidine rings is 1. The van der Waals surface area contributed by atoms with Crippen molar-refractivity contribution in [1.82, 2.24) is 14.8 Å². The van der Waals surface area contributed by atoms with Crippen LogP contribution in [0.3, 0.4) is 0 Å². The lowest BCUT2D eigenvalue weighted by atomic mass is 9.95. The molecule has 2 aromatic rings. The van der Waals surface area contributed by atoms with E-state index in [0.717, 1.165) is 11.1 Å². The van der Waals surface area contributed by atoms with Gasteiger partial charge in [0.15, 0.2) is 5.76 Å². The van der Waals surface area contributed by atoms with Crippen molar-refractivity contribution in [3.05, 3.63) is 53.7 Å². The molecule has 0 saturated carbocycles. The normalized spacial score (nSPS) is 20.3. The fraction of sp³-hybridized carbons (Fsp3) is 0.421. The van der Waals surface area contributed by atoms with E-state index < -0.39 is 12.0 Å². The molecule has 1 aliphatic heterocycles. The second kappa shape index (κ2) is 7.70. The molecule has 7 nitrogen and oxygen atoms in total. The van der Waals surface area contributed by atoms with Gasteiger partial charge in [-0.1, -0.05) is 6.07 Å². The van der Waals surface area contributed by atoms with E-state index >= 15 is 0 Å². The van der Waals surface area contributed by atoms with Crippen LogP contribution in [0.1, 0.15) is 34.5 Å². The Labute approximate surface area is 152 Å². The summed E-state index contributed by atoms with van der Waals surface area (Å²) in [6.07, 6.45) is 6.09. The van der Waals surface area contributed by atoms with E-state index in [4.69, 9.17) is 4.42 Å². The molecule has 0 bridgehead atoms. The summed E-state index contributed by atoms with van der Waals surface area (Å²) in [6.45, 7) is 2.86. The Balaban J connectivity index is 1.71. The van der Waals surface area contributed by atoms with Crippen LogP contribution in [0.5, 0.6) is 0 Å². The highest BCUT2D eigenvalue weighted by Crippen LogP contribution is 2.25. The minimum absolute atomic E-state index is 0.0815. The van der Waals surface area contributed by atoms with Crippen LogP contribution in [0.4, 0.5) is 0 Å². The molecule has 0 aromatic carbocycles. The zero-order valence-electron chi connectivity index (χ0n) is 15.0. The highest BCUT2D eigenvalue weighted by atomic mass is 16.4. The Hall–Kier alpha value is -2.67. The van der Waals surface area contributed by atoms with Crippen molar-refractivity contribution in [3.8, 4) is 0 Å². The van der Waals surface area contributed by atoms with Crippen molar-refractivity contribution in [2.24, 2.45) is 0 Å². The predicted octanol–water partition coefficient (Wildman–Crippen LogP) is 2.17. The lowest BCUT2D eigenvalue weighted by Gasteiger charge is -2.40. The Kier molecular flexibility index (Phi) is 5.37. The van der Waals surface area contributed by atoms with Gasteiger partial charge in [-0.2, -0.15) is 0 Å². The summed E-state index contributed by atoms with van der Waals surface area (Å²) >= 11 is 0. The van der Waals surface area contributed by atoms with Gasteiger partial charge in [0, 0.05) is 37.1 Å². The van der Waals surface area contributed by atoms with Crippen LogP contribution >= 0.6 is 0 Å². The van der Waals surface area contributed by atoms with Gasteiger partial charge in [-0.05, 0) is 44.5 Å². The Morgan fingerprint density at radius 1 is 1.42 bits per heavy atom. The van der Waals surface area contributed by atoms with Crippen molar-refractivity contribution < 1.29 is 19.1 Å². The van der Waals surface area contributed by atoms with Crippen LogP contribution in [0.15, 0.2) is 41.3 Å². The first-order valence-corrected chi connectivity index (χ1v) is 8.64. The van der Waals surface area contributed by atoms with Crippen LogP contribution in [-0.4, -0.2) is 57.4 Å². The number of furan rings is 1. The molecule has 138 valence electrons. The monoisotopic (exact) mass is 357 g/mol. The quantitative estimate of drug-likeness (QED) is 0.882. The molecule has 3 rings (SSSR count). The number of carbonyl (C=O) groups excluding carboxylic acids is 1. The summed E-state index contributed by atoms with van der Waals surface area (Å²) in [7, 11) is 1.98. The smallest absolute Gasteiger partial charge is 0.326 e. The second-order valence-electron chi connectivity index (χ2n) is 6.74. The molecule has 0 radical (unpaired) electrons. The van der Waals surface area contributed by atoms with Crippen molar-refractivity contribution in [1.29, 1.82) is 0 Å². The molecule has 2 aromatic heterocycles. The number of carbonyl (C=O) groups is 2. The number of hydrogen-bond donors (Lipinski definition) is 1. The molecular formula is C19H23N3O4. The van der Waals surface area contributed by atoms with E-state index in [2.05, 4.69) is 9.88 Å². The maximum absolute atomic E-state index is 12.7. The van der Waals surface area contributed by atoms with Gasteiger partial charge in [0.1, 0.15) is 6.04 Å².